The Morgan fingerprint density at radius 1 is 1.05 bits per heavy atom. The van der Waals surface area contributed by atoms with E-state index in [1.165, 1.54) is 42.8 Å². The normalized spacial score (nSPS) is 20.4. The van der Waals surface area contributed by atoms with Gasteiger partial charge in [-0.05, 0) is 122 Å². The van der Waals surface area contributed by atoms with Gasteiger partial charge < -0.3 is 14.5 Å². The fourth-order valence-electron chi connectivity index (χ4n) is 6.47. The summed E-state index contributed by atoms with van der Waals surface area (Å²) < 4.78 is 31.7. The Hall–Kier alpha value is -2.99. The van der Waals surface area contributed by atoms with E-state index in [0.717, 1.165) is 55.0 Å². The largest absolute Gasteiger partial charge is 0.494 e. The van der Waals surface area contributed by atoms with Crippen molar-refractivity contribution < 1.29 is 23.4 Å². The quantitative estimate of drug-likeness (QED) is 0.318. The van der Waals surface area contributed by atoms with Gasteiger partial charge in [-0.2, -0.15) is 0 Å². The van der Waals surface area contributed by atoms with Crippen LogP contribution in [-0.2, 0) is 15.9 Å². The molecule has 2 heterocycles. The molecular weight excluding hydrogens is 538 g/mol. The van der Waals surface area contributed by atoms with Gasteiger partial charge in [0.1, 0.15) is 11.6 Å². The molecule has 0 aromatic heterocycles. The molecule has 1 N–H and O–H groups in total. The van der Waals surface area contributed by atoms with Crippen molar-refractivity contribution in [2.45, 2.75) is 51.5 Å². The summed E-state index contributed by atoms with van der Waals surface area (Å²) in [6.45, 7) is 7.21. The Morgan fingerprint density at radius 2 is 1.73 bits per heavy atom. The maximum absolute atomic E-state index is 13.6. The summed E-state index contributed by atoms with van der Waals surface area (Å²) in [4.78, 5) is 27.2. The van der Waals surface area contributed by atoms with Crippen molar-refractivity contribution in [3.63, 3.8) is 0 Å². The van der Waals surface area contributed by atoms with Gasteiger partial charge in [-0.3, -0.25) is 14.3 Å². The lowest BCUT2D eigenvalue weighted by Crippen LogP contribution is -2.41. The van der Waals surface area contributed by atoms with Crippen LogP contribution < -0.4 is 14.9 Å². The standard InChI is InChI=1S/C33H38FN2O4P/c1-3-40-31-19-30(24-6-8-26(34)9-7-24)29(23-4-5-23)18-25(31)21-35-16-14-33(15-17-35)20-32(37)36(22-33)27-10-12-28(13-11-27)41(2,38)39/h6-13,18-19,23H,3-5,14-17,20-22H2,1-2H3,(H,38,39). The second kappa shape index (κ2) is 11.0. The first-order valence-corrected chi connectivity index (χ1v) is 16.7. The van der Waals surface area contributed by atoms with Crippen molar-refractivity contribution in [2.75, 3.05) is 37.8 Å². The summed E-state index contributed by atoms with van der Waals surface area (Å²) >= 11 is 0. The van der Waals surface area contributed by atoms with Crippen LogP contribution in [0, 0.1) is 11.2 Å². The average molecular weight is 577 g/mol. The van der Waals surface area contributed by atoms with Crippen LogP contribution in [-0.4, -0.2) is 48.6 Å². The fraction of sp³-hybridized carbons (Fsp3) is 0.424. The van der Waals surface area contributed by atoms with E-state index < -0.39 is 7.37 Å². The molecule has 1 unspecified atom stereocenters. The number of anilines is 1. The number of halogens is 1. The summed E-state index contributed by atoms with van der Waals surface area (Å²) in [5.74, 6) is 1.33. The molecule has 6 nitrogen and oxygen atoms in total. The molecule has 1 saturated carbocycles. The monoisotopic (exact) mass is 576 g/mol. The second-order valence-electron chi connectivity index (χ2n) is 12.1. The fourth-order valence-corrected chi connectivity index (χ4v) is 7.17. The molecule has 1 amide bonds. The molecule has 2 aliphatic heterocycles. The van der Waals surface area contributed by atoms with E-state index in [1.54, 1.807) is 24.3 Å². The van der Waals surface area contributed by atoms with Gasteiger partial charge in [0.25, 0.3) is 0 Å². The van der Waals surface area contributed by atoms with Crippen LogP contribution in [0.25, 0.3) is 11.1 Å². The first-order chi connectivity index (χ1) is 19.6. The summed E-state index contributed by atoms with van der Waals surface area (Å²) in [7, 11) is -3.32. The van der Waals surface area contributed by atoms with Crippen molar-refractivity contribution in [2.24, 2.45) is 5.41 Å². The number of hydrogen-bond donors (Lipinski definition) is 1. The number of piperidine rings is 1. The van der Waals surface area contributed by atoms with E-state index in [9.17, 15) is 18.6 Å². The molecule has 8 heteroatoms. The van der Waals surface area contributed by atoms with Gasteiger partial charge in [0.15, 0.2) is 0 Å². The number of carbonyl (C=O) groups excluding carboxylic acids is 1. The predicted molar refractivity (Wildman–Crippen MR) is 161 cm³/mol. The topological polar surface area (TPSA) is 70.1 Å². The lowest BCUT2D eigenvalue weighted by Gasteiger charge is -2.39. The second-order valence-corrected chi connectivity index (χ2v) is 14.4. The maximum atomic E-state index is 13.6. The number of likely N-dealkylation sites (tertiary alicyclic amines) is 1. The Labute approximate surface area is 241 Å². The highest BCUT2D eigenvalue weighted by molar-refractivity contribution is 7.65. The van der Waals surface area contributed by atoms with Gasteiger partial charge >= 0.3 is 0 Å². The van der Waals surface area contributed by atoms with E-state index in [-0.39, 0.29) is 17.1 Å². The van der Waals surface area contributed by atoms with E-state index in [0.29, 0.717) is 30.8 Å². The number of ether oxygens (including phenoxy) is 1. The van der Waals surface area contributed by atoms with Crippen LogP contribution >= 0.6 is 7.37 Å². The van der Waals surface area contributed by atoms with Gasteiger partial charge in [0, 0.05) is 42.7 Å². The molecule has 1 spiro atoms. The minimum absolute atomic E-state index is 0.0440. The van der Waals surface area contributed by atoms with E-state index in [2.05, 4.69) is 17.0 Å². The highest BCUT2D eigenvalue weighted by Crippen LogP contribution is 2.47. The molecule has 3 aromatic rings. The lowest BCUT2D eigenvalue weighted by atomic mass is 9.77. The highest BCUT2D eigenvalue weighted by Gasteiger charge is 2.45. The molecule has 0 radical (unpaired) electrons. The third-order valence-electron chi connectivity index (χ3n) is 8.98. The minimum Gasteiger partial charge on any atom is -0.494 e. The third-order valence-corrected chi connectivity index (χ3v) is 10.2. The Bertz CT molecular complexity index is 1470. The molecule has 3 fully saturated rings. The summed E-state index contributed by atoms with van der Waals surface area (Å²) in [5.41, 5.74) is 5.42. The van der Waals surface area contributed by atoms with Crippen LogP contribution in [0.5, 0.6) is 5.75 Å². The zero-order chi connectivity index (χ0) is 28.8. The molecule has 6 rings (SSSR count). The summed E-state index contributed by atoms with van der Waals surface area (Å²) in [6, 6.07) is 18.1. The van der Waals surface area contributed by atoms with Crippen molar-refractivity contribution in [3.8, 4) is 16.9 Å². The summed E-state index contributed by atoms with van der Waals surface area (Å²) in [6.07, 6.45) is 4.79. The zero-order valence-corrected chi connectivity index (χ0v) is 24.7. The molecule has 1 aliphatic carbocycles. The van der Waals surface area contributed by atoms with Crippen LogP contribution in [0.15, 0.2) is 60.7 Å². The summed E-state index contributed by atoms with van der Waals surface area (Å²) in [5, 5.41) is 0.401. The number of amides is 1. The van der Waals surface area contributed by atoms with E-state index in [1.807, 2.05) is 24.0 Å². The molecular formula is C33H38FN2O4P. The molecule has 1 atom stereocenters. The van der Waals surface area contributed by atoms with Crippen LogP contribution in [0.3, 0.4) is 0 Å². The molecule has 216 valence electrons. The number of rotatable bonds is 8. The van der Waals surface area contributed by atoms with Gasteiger partial charge in [-0.1, -0.05) is 12.1 Å². The van der Waals surface area contributed by atoms with Gasteiger partial charge in [-0.25, -0.2) is 4.39 Å². The van der Waals surface area contributed by atoms with Crippen molar-refractivity contribution in [1.29, 1.82) is 0 Å². The van der Waals surface area contributed by atoms with E-state index in [4.69, 9.17) is 4.74 Å². The molecule has 3 aromatic carbocycles. The smallest absolute Gasteiger partial charge is 0.227 e. The average Bonchev–Trinajstić information content (AvgIpc) is 3.74. The Kier molecular flexibility index (Phi) is 7.56. The number of hydrogen-bond acceptors (Lipinski definition) is 4. The van der Waals surface area contributed by atoms with Crippen LogP contribution in [0.4, 0.5) is 10.1 Å². The molecule has 2 saturated heterocycles. The van der Waals surface area contributed by atoms with E-state index >= 15 is 0 Å². The SMILES string of the molecule is CCOc1cc(-c2ccc(F)cc2)c(C2CC2)cc1CN1CCC2(CC1)CC(=O)N(c1ccc(P(C)(=O)O)cc1)C2. The van der Waals surface area contributed by atoms with Crippen molar-refractivity contribution in [1.82, 2.24) is 4.90 Å². The predicted octanol–water partition coefficient (Wildman–Crippen LogP) is 6.31. The molecule has 3 aliphatic rings. The van der Waals surface area contributed by atoms with Crippen LogP contribution in [0.1, 0.15) is 56.1 Å². The van der Waals surface area contributed by atoms with Crippen molar-refractivity contribution in [3.05, 3.63) is 77.6 Å². The molecule has 41 heavy (non-hydrogen) atoms. The van der Waals surface area contributed by atoms with Gasteiger partial charge in [0.05, 0.1) is 6.61 Å². The number of carbonyl (C=O) groups is 1. The Morgan fingerprint density at radius 3 is 2.34 bits per heavy atom. The van der Waals surface area contributed by atoms with Gasteiger partial charge in [-0.15, -0.1) is 0 Å². The lowest BCUT2D eigenvalue weighted by molar-refractivity contribution is -0.118. The van der Waals surface area contributed by atoms with Gasteiger partial charge in [0.2, 0.25) is 13.3 Å². The Balaban J connectivity index is 1.16. The maximum Gasteiger partial charge on any atom is 0.227 e. The zero-order valence-electron chi connectivity index (χ0n) is 23.8. The minimum atomic E-state index is -3.32. The first-order valence-electron chi connectivity index (χ1n) is 14.6. The molecule has 0 bridgehead atoms. The number of nitrogens with zero attached hydrogens (tertiary/aromatic N) is 2. The number of benzene rings is 3. The highest BCUT2D eigenvalue weighted by atomic mass is 31.2. The third kappa shape index (κ3) is 5.99. The van der Waals surface area contributed by atoms with Crippen molar-refractivity contribution >= 4 is 24.3 Å². The van der Waals surface area contributed by atoms with Crippen LogP contribution in [0.2, 0.25) is 0 Å². The first kappa shape index (κ1) is 28.1.